The Kier molecular flexibility index (Phi) is 5.67. The number of amides is 1. The van der Waals surface area contributed by atoms with Crippen molar-refractivity contribution in [3.63, 3.8) is 0 Å². The van der Waals surface area contributed by atoms with Crippen molar-refractivity contribution in [1.82, 2.24) is 0 Å². The van der Waals surface area contributed by atoms with Crippen LogP contribution in [-0.4, -0.2) is 27.1 Å². The number of anilines is 2. The third kappa shape index (κ3) is 4.72. The van der Waals surface area contributed by atoms with E-state index in [1.807, 2.05) is 13.0 Å². The molecule has 1 amide bonds. The summed E-state index contributed by atoms with van der Waals surface area (Å²) in [5.74, 6) is -0.543. The molecule has 2 rings (SSSR count). The summed E-state index contributed by atoms with van der Waals surface area (Å²) in [6.45, 7) is 1.38. The number of nitrogens with zero attached hydrogens (tertiary/aromatic N) is 2. The van der Waals surface area contributed by atoms with Crippen molar-refractivity contribution in [3.8, 4) is 6.07 Å². The fourth-order valence-electron chi connectivity index (χ4n) is 2.17. The summed E-state index contributed by atoms with van der Waals surface area (Å²) in [7, 11) is -3.76. The first-order valence-corrected chi connectivity index (χ1v) is 9.48. The molecular weight excluding hydrogens is 362 g/mol. The highest BCUT2D eigenvalue weighted by Crippen LogP contribution is 2.23. The van der Waals surface area contributed by atoms with E-state index in [1.54, 1.807) is 30.3 Å². The van der Waals surface area contributed by atoms with E-state index in [-0.39, 0.29) is 11.3 Å². The van der Waals surface area contributed by atoms with E-state index in [4.69, 9.17) is 11.6 Å². The number of aryl methyl sites for hydroxylation is 1. The van der Waals surface area contributed by atoms with Crippen LogP contribution >= 0.6 is 11.6 Å². The third-order valence-corrected chi connectivity index (χ3v) is 4.97. The molecule has 0 aromatic heterocycles. The molecule has 0 aliphatic rings. The van der Waals surface area contributed by atoms with Crippen LogP contribution in [0, 0.1) is 18.3 Å². The Morgan fingerprint density at radius 3 is 2.56 bits per heavy atom. The molecule has 6 nitrogen and oxygen atoms in total. The maximum Gasteiger partial charge on any atom is 0.245 e. The Morgan fingerprint density at radius 1 is 1.28 bits per heavy atom. The number of rotatable bonds is 5. The van der Waals surface area contributed by atoms with E-state index < -0.39 is 22.5 Å². The van der Waals surface area contributed by atoms with Crippen LogP contribution in [-0.2, 0) is 14.8 Å². The molecule has 0 saturated heterocycles. The van der Waals surface area contributed by atoms with Gasteiger partial charge in [0, 0.05) is 10.7 Å². The lowest BCUT2D eigenvalue weighted by Gasteiger charge is -2.22. The first kappa shape index (κ1) is 18.8. The molecule has 0 saturated carbocycles. The van der Waals surface area contributed by atoms with E-state index in [1.165, 1.54) is 12.1 Å². The Labute approximate surface area is 151 Å². The molecule has 0 aliphatic carbocycles. The first-order valence-electron chi connectivity index (χ1n) is 7.25. The fraction of sp³-hybridized carbons (Fsp3) is 0.176. The Morgan fingerprint density at radius 2 is 1.96 bits per heavy atom. The van der Waals surface area contributed by atoms with Crippen molar-refractivity contribution >= 4 is 38.9 Å². The van der Waals surface area contributed by atoms with E-state index in [2.05, 4.69) is 5.32 Å². The molecule has 0 atom stereocenters. The van der Waals surface area contributed by atoms with Crippen LogP contribution in [0.5, 0.6) is 0 Å². The number of carbonyl (C=O) groups excluding carboxylic acids is 1. The van der Waals surface area contributed by atoms with Crippen LogP contribution in [0.25, 0.3) is 0 Å². The largest absolute Gasteiger partial charge is 0.324 e. The predicted molar refractivity (Wildman–Crippen MR) is 98.2 cm³/mol. The number of halogens is 1. The van der Waals surface area contributed by atoms with Crippen LogP contribution in [0.2, 0.25) is 5.02 Å². The summed E-state index contributed by atoms with van der Waals surface area (Å²) in [5, 5.41) is 12.3. The van der Waals surface area contributed by atoms with Crippen molar-refractivity contribution in [1.29, 1.82) is 5.26 Å². The number of benzene rings is 2. The zero-order valence-electron chi connectivity index (χ0n) is 13.7. The van der Waals surface area contributed by atoms with Gasteiger partial charge < -0.3 is 5.32 Å². The molecule has 0 unspecified atom stereocenters. The van der Waals surface area contributed by atoms with Gasteiger partial charge in [-0.2, -0.15) is 5.26 Å². The second-order valence-electron chi connectivity index (χ2n) is 5.41. The lowest BCUT2D eigenvalue weighted by molar-refractivity contribution is -0.114. The maximum absolute atomic E-state index is 12.3. The number of hydrogen-bond acceptors (Lipinski definition) is 4. The Bertz CT molecular complexity index is 952. The summed E-state index contributed by atoms with van der Waals surface area (Å²) in [5.41, 5.74) is 1.65. The van der Waals surface area contributed by atoms with Gasteiger partial charge in [0.15, 0.2) is 0 Å². The third-order valence-electron chi connectivity index (χ3n) is 3.44. The molecule has 0 fully saturated rings. The average molecular weight is 378 g/mol. The minimum Gasteiger partial charge on any atom is -0.324 e. The van der Waals surface area contributed by atoms with Crippen LogP contribution in [0.1, 0.15) is 11.1 Å². The van der Waals surface area contributed by atoms with Gasteiger partial charge in [-0.25, -0.2) is 8.42 Å². The van der Waals surface area contributed by atoms with Gasteiger partial charge in [-0.15, -0.1) is 0 Å². The molecule has 2 aromatic rings. The molecule has 25 heavy (non-hydrogen) atoms. The standard InChI is InChI=1S/C17H16ClN3O3S/c1-12-7-8-14(9-15(12)18)20-17(22)11-21(25(2,23)24)16-6-4-3-5-13(16)10-19/h3-9H,11H2,1-2H3,(H,20,22). The van der Waals surface area contributed by atoms with Gasteiger partial charge in [0.25, 0.3) is 0 Å². The fourth-order valence-corrected chi connectivity index (χ4v) is 3.22. The van der Waals surface area contributed by atoms with Gasteiger partial charge >= 0.3 is 0 Å². The highest BCUT2D eigenvalue weighted by molar-refractivity contribution is 7.92. The van der Waals surface area contributed by atoms with Gasteiger partial charge in [0.2, 0.25) is 15.9 Å². The topological polar surface area (TPSA) is 90.3 Å². The Hall–Kier alpha value is -2.56. The molecule has 8 heteroatoms. The highest BCUT2D eigenvalue weighted by atomic mass is 35.5. The first-order chi connectivity index (χ1) is 11.7. The second-order valence-corrected chi connectivity index (χ2v) is 7.72. The summed E-state index contributed by atoms with van der Waals surface area (Å²) in [4.78, 5) is 12.3. The normalized spacial score (nSPS) is 10.8. The monoisotopic (exact) mass is 377 g/mol. The number of nitriles is 1. The highest BCUT2D eigenvalue weighted by Gasteiger charge is 2.23. The van der Waals surface area contributed by atoms with E-state index in [0.29, 0.717) is 10.7 Å². The van der Waals surface area contributed by atoms with Crippen molar-refractivity contribution in [2.45, 2.75) is 6.92 Å². The smallest absolute Gasteiger partial charge is 0.245 e. The van der Waals surface area contributed by atoms with Crippen molar-refractivity contribution in [2.24, 2.45) is 0 Å². The minimum atomic E-state index is -3.76. The quantitative estimate of drug-likeness (QED) is 0.867. The van der Waals surface area contributed by atoms with Gasteiger partial charge in [-0.1, -0.05) is 29.8 Å². The zero-order chi connectivity index (χ0) is 18.6. The summed E-state index contributed by atoms with van der Waals surface area (Å²) >= 11 is 6.02. The molecule has 0 spiro atoms. The number of sulfonamides is 1. The van der Waals surface area contributed by atoms with Crippen LogP contribution < -0.4 is 9.62 Å². The lowest BCUT2D eigenvalue weighted by atomic mass is 10.2. The molecule has 2 aromatic carbocycles. The summed E-state index contributed by atoms with van der Waals surface area (Å²) < 4.78 is 25.1. The second kappa shape index (κ2) is 7.55. The molecular formula is C17H16ClN3O3S. The zero-order valence-corrected chi connectivity index (χ0v) is 15.2. The number of carbonyl (C=O) groups is 1. The molecule has 0 aliphatic heterocycles. The minimum absolute atomic E-state index is 0.157. The van der Waals surface area contributed by atoms with Gasteiger partial charge in [-0.3, -0.25) is 9.10 Å². The SMILES string of the molecule is Cc1ccc(NC(=O)CN(c2ccccc2C#N)S(C)(=O)=O)cc1Cl. The van der Waals surface area contributed by atoms with E-state index in [9.17, 15) is 18.5 Å². The van der Waals surface area contributed by atoms with Crippen molar-refractivity contribution in [2.75, 3.05) is 22.4 Å². The Balaban J connectivity index is 2.27. The molecule has 1 N–H and O–H groups in total. The predicted octanol–water partition coefficient (Wildman–Crippen LogP) is 2.92. The molecule has 0 heterocycles. The maximum atomic E-state index is 12.3. The van der Waals surface area contributed by atoms with E-state index in [0.717, 1.165) is 16.1 Å². The van der Waals surface area contributed by atoms with Crippen LogP contribution in [0.15, 0.2) is 42.5 Å². The molecule has 0 bridgehead atoms. The van der Waals surface area contributed by atoms with Crippen LogP contribution in [0.3, 0.4) is 0 Å². The summed E-state index contributed by atoms with van der Waals surface area (Å²) in [6.07, 6.45) is 0.983. The van der Waals surface area contributed by atoms with Crippen molar-refractivity contribution < 1.29 is 13.2 Å². The number of para-hydroxylation sites is 1. The lowest BCUT2D eigenvalue weighted by Crippen LogP contribution is -2.37. The van der Waals surface area contributed by atoms with Crippen molar-refractivity contribution in [3.05, 3.63) is 58.6 Å². The van der Waals surface area contributed by atoms with E-state index >= 15 is 0 Å². The van der Waals surface area contributed by atoms with Gasteiger partial charge in [0.05, 0.1) is 17.5 Å². The number of hydrogen-bond donors (Lipinski definition) is 1. The van der Waals surface area contributed by atoms with Crippen LogP contribution in [0.4, 0.5) is 11.4 Å². The number of nitrogens with one attached hydrogen (secondary N) is 1. The van der Waals surface area contributed by atoms with Gasteiger partial charge in [0.1, 0.15) is 12.6 Å². The summed E-state index contributed by atoms with van der Waals surface area (Å²) in [6, 6.07) is 13.1. The van der Waals surface area contributed by atoms with Gasteiger partial charge in [-0.05, 0) is 36.8 Å². The average Bonchev–Trinajstić information content (AvgIpc) is 2.55. The molecule has 0 radical (unpaired) electrons. The molecule has 130 valence electrons.